The van der Waals surface area contributed by atoms with Crippen LogP contribution in [0.4, 0.5) is 0 Å². The van der Waals surface area contributed by atoms with Gasteiger partial charge in [-0.2, -0.15) is 0 Å². The molecule has 110 valence electrons. The molecule has 0 aromatic rings. The van der Waals surface area contributed by atoms with Crippen LogP contribution in [-0.2, 0) is 23.8 Å². The van der Waals surface area contributed by atoms with Crippen LogP contribution in [0.5, 0.6) is 0 Å². The number of esters is 2. The van der Waals surface area contributed by atoms with Crippen molar-refractivity contribution in [2.24, 2.45) is 0 Å². The number of rotatable bonds is 6. The Bertz CT molecular complexity index is 297. The third-order valence-electron chi connectivity index (χ3n) is 2.93. The van der Waals surface area contributed by atoms with Gasteiger partial charge in [-0.1, -0.05) is 0 Å². The molecule has 0 aliphatic carbocycles. The lowest BCUT2D eigenvalue weighted by molar-refractivity contribution is -0.149. The Morgan fingerprint density at radius 1 is 1.16 bits per heavy atom. The molecule has 2 unspecified atom stereocenters. The highest BCUT2D eigenvalue weighted by molar-refractivity contribution is 5.77. The summed E-state index contributed by atoms with van der Waals surface area (Å²) in [5.41, 5.74) is 0. The number of hydrogen-bond donors (Lipinski definition) is 0. The number of carbonyl (C=O) groups excluding carboxylic acids is 2. The summed E-state index contributed by atoms with van der Waals surface area (Å²) in [6, 6.07) is 0. The quantitative estimate of drug-likeness (QED) is 0.660. The van der Waals surface area contributed by atoms with E-state index in [1.54, 1.807) is 0 Å². The maximum absolute atomic E-state index is 11.4. The van der Waals surface area contributed by atoms with Crippen LogP contribution in [0.2, 0.25) is 0 Å². The molecule has 19 heavy (non-hydrogen) atoms. The van der Waals surface area contributed by atoms with Gasteiger partial charge in [0.1, 0.15) is 6.61 Å². The van der Waals surface area contributed by atoms with Gasteiger partial charge in [0.25, 0.3) is 0 Å². The Balaban J connectivity index is 2.12. The number of carbonyl (C=O) groups is 2. The van der Waals surface area contributed by atoms with Crippen molar-refractivity contribution in [3.63, 3.8) is 0 Å². The first-order chi connectivity index (χ1) is 9.01. The molecule has 0 amide bonds. The van der Waals surface area contributed by atoms with Gasteiger partial charge in [-0.25, -0.2) is 0 Å². The van der Waals surface area contributed by atoms with Gasteiger partial charge in [0.15, 0.2) is 0 Å². The van der Waals surface area contributed by atoms with Crippen molar-refractivity contribution in [1.82, 2.24) is 4.90 Å². The molecule has 0 spiro atoms. The molecule has 0 radical (unpaired) electrons. The second-order valence-corrected chi connectivity index (χ2v) is 4.81. The van der Waals surface area contributed by atoms with Crippen LogP contribution < -0.4 is 0 Å². The summed E-state index contributed by atoms with van der Waals surface area (Å²) in [5, 5.41) is 0. The van der Waals surface area contributed by atoms with Crippen molar-refractivity contribution in [2.45, 2.75) is 38.9 Å². The summed E-state index contributed by atoms with van der Waals surface area (Å²) in [6.45, 7) is 6.81. The minimum Gasteiger partial charge on any atom is -0.469 e. The van der Waals surface area contributed by atoms with Crippen molar-refractivity contribution in [1.29, 1.82) is 0 Å². The Hall–Kier alpha value is -1.14. The normalized spacial score (nSPS) is 23.9. The van der Waals surface area contributed by atoms with Crippen LogP contribution in [0.15, 0.2) is 0 Å². The largest absolute Gasteiger partial charge is 0.469 e. The molecule has 1 aliphatic rings. The van der Waals surface area contributed by atoms with Gasteiger partial charge in [-0.3, -0.25) is 14.5 Å². The zero-order valence-electron chi connectivity index (χ0n) is 11.9. The number of ether oxygens (including phenoxy) is 3. The highest BCUT2D eigenvalue weighted by atomic mass is 16.5. The third kappa shape index (κ3) is 6.54. The molecule has 6 heteroatoms. The monoisotopic (exact) mass is 273 g/mol. The van der Waals surface area contributed by atoms with Gasteiger partial charge in [0.2, 0.25) is 0 Å². The van der Waals surface area contributed by atoms with E-state index in [1.807, 2.05) is 13.8 Å². The van der Waals surface area contributed by atoms with E-state index in [0.29, 0.717) is 13.2 Å². The molecule has 0 N–H and O–H groups in total. The predicted octanol–water partition coefficient (Wildman–Crippen LogP) is 0.592. The smallest absolute Gasteiger partial charge is 0.306 e. The third-order valence-corrected chi connectivity index (χ3v) is 2.93. The van der Waals surface area contributed by atoms with E-state index in [2.05, 4.69) is 9.64 Å². The van der Waals surface area contributed by atoms with E-state index in [1.165, 1.54) is 7.11 Å². The van der Waals surface area contributed by atoms with Crippen LogP contribution >= 0.6 is 0 Å². The van der Waals surface area contributed by atoms with Gasteiger partial charge >= 0.3 is 11.9 Å². The molecule has 2 atom stereocenters. The van der Waals surface area contributed by atoms with Gasteiger partial charge in [-0.05, 0) is 13.8 Å². The number of nitrogens with zero attached hydrogens (tertiary/aromatic N) is 1. The van der Waals surface area contributed by atoms with Crippen molar-refractivity contribution >= 4 is 11.9 Å². The molecule has 1 saturated heterocycles. The van der Waals surface area contributed by atoms with Gasteiger partial charge in [0.05, 0.1) is 32.2 Å². The van der Waals surface area contributed by atoms with Crippen LogP contribution in [0.3, 0.4) is 0 Å². The molecule has 0 aromatic heterocycles. The van der Waals surface area contributed by atoms with Crippen molar-refractivity contribution in [3.8, 4) is 0 Å². The van der Waals surface area contributed by atoms with Crippen molar-refractivity contribution in [3.05, 3.63) is 0 Å². The molecule has 1 fully saturated rings. The van der Waals surface area contributed by atoms with Gasteiger partial charge in [-0.15, -0.1) is 0 Å². The molecule has 0 saturated carbocycles. The zero-order valence-corrected chi connectivity index (χ0v) is 11.9. The Morgan fingerprint density at radius 3 is 2.32 bits per heavy atom. The van der Waals surface area contributed by atoms with Crippen LogP contribution in [-0.4, -0.2) is 62.4 Å². The lowest BCUT2D eigenvalue weighted by atomic mass is 10.2. The van der Waals surface area contributed by atoms with E-state index >= 15 is 0 Å². The number of hydrogen-bond acceptors (Lipinski definition) is 6. The second kappa shape index (κ2) is 8.12. The first-order valence-electron chi connectivity index (χ1n) is 6.61. The molecule has 0 aromatic carbocycles. The Labute approximate surface area is 114 Å². The van der Waals surface area contributed by atoms with Gasteiger partial charge in [0, 0.05) is 19.6 Å². The first kappa shape index (κ1) is 15.9. The molecular weight excluding hydrogens is 250 g/mol. The Morgan fingerprint density at radius 2 is 1.74 bits per heavy atom. The number of morpholine rings is 1. The van der Waals surface area contributed by atoms with E-state index in [-0.39, 0.29) is 31.0 Å². The van der Waals surface area contributed by atoms with E-state index in [4.69, 9.17) is 9.47 Å². The fourth-order valence-corrected chi connectivity index (χ4v) is 2.13. The molecule has 1 aliphatic heterocycles. The highest BCUT2D eigenvalue weighted by Gasteiger charge is 2.21. The van der Waals surface area contributed by atoms with E-state index < -0.39 is 5.97 Å². The minimum atomic E-state index is -0.396. The van der Waals surface area contributed by atoms with Crippen LogP contribution in [0.1, 0.15) is 26.7 Å². The summed E-state index contributed by atoms with van der Waals surface area (Å²) >= 11 is 0. The highest BCUT2D eigenvalue weighted by Crippen LogP contribution is 2.10. The molecule has 1 heterocycles. The lowest BCUT2D eigenvalue weighted by Crippen LogP contribution is -2.46. The summed E-state index contributed by atoms with van der Waals surface area (Å²) < 4.78 is 15.2. The molecular formula is C13H23NO5. The first-order valence-corrected chi connectivity index (χ1v) is 6.61. The second-order valence-electron chi connectivity index (χ2n) is 4.81. The van der Waals surface area contributed by atoms with Crippen molar-refractivity contribution in [2.75, 3.05) is 33.4 Å². The lowest BCUT2D eigenvalue weighted by Gasteiger charge is -2.35. The summed E-state index contributed by atoms with van der Waals surface area (Å²) in [7, 11) is 1.30. The molecule has 0 bridgehead atoms. The topological polar surface area (TPSA) is 65.1 Å². The summed E-state index contributed by atoms with van der Waals surface area (Å²) in [4.78, 5) is 24.4. The predicted molar refractivity (Wildman–Crippen MR) is 68.7 cm³/mol. The molecule has 1 rings (SSSR count). The Kier molecular flexibility index (Phi) is 6.80. The SMILES string of the molecule is COC(=O)CCC(=O)OCCN1CC(C)OC(C)C1. The van der Waals surface area contributed by atoms with E-state index in [9.17, 15) is 9.59 Å². The fourth-order valence-electron chi connectivity index (χ4n) is 2.13. The standard InChI is InChI=1S/C13H23NO5/c1-10-8-14(9-11(2)19-10)6-7-18-13(16)5-4-12(15)17-3/h10-11H,4-9H2,1-3H3. The maximum Gasteiger partial charge on any atom is 0.306 e. The van der Waals surface area contributed by atoms with Crippen LogP contribution in [0.25, 0.3) is 0 Å². The summed E-state index contributed by atoms with van der Waals surface area (Å²) in [6.07, 6.45) is 0.557. The number of methoxy groups -OCH3 is 1. The average molecular weight is 273 g/mol. The van der Waals surface area contributed by atoms with Gasteiger partial charge < -0.3 is 14.2 Å². The zero-order chi connectivity index (χ0) is 14.3. The molecule has 6 nitrogen and oxygen atoms in total. The summed E-state index contributed by atoms with van der Waals surface area (Å²) in [5.74, 6) is -0.757. The van der Waals surface area contributed by atoms with Crippen LogP contribution in [0, 0.1) is 0 Å². The minimum absolute atomic E-state index is 0.0704. The fraction of sp³-hybridized carbons (Fsp3) is 0.846. The average Bonchev–Trinajstić information content (AvgIpc) is 2.34. The van der Waals surface area contributed by atoms with E-state index in [0.717, 1.165) is 13.1 Å². The maximum atomic E-state index is 11.4. The van der Waals surface area contributed by atoms with Crippen molar-refractivity contribution < 1.29 is 23.8 Å².